The first kappa shape index (κ1) is 15.6. The lowest BCUT2D eigenvalue weighted by Gasteiger charge is -2.36. The zero-order valence-corrected chi connectivity index (χ0v) is 13.2. The molecule has 0 aromatic carbocycles. The van der Waals surface area contributed by atoms with Crippen LogP contribution in [0.15, 0.2) is 0 Å². The van der Waals surface area contributed by atoms with Gasteiger partial charge < -0.3 is 4.43 Å². The van der Waals surface area contributed by atoms with Crippen LogP contribution < -0.4 is 0 Å². The Kier molecular flexibility index (Phi) is 6.60. The third-order valence-electron chi connectivity index (χ3n) is 3.08. The van der Waals surface area contributed by atoms with Crippen LogP contribution in [0.5, 0.6) is 0 Å². The normalized spacial score (nSPS) is 15.4. The van der Waals surface area contributed by atoms with Crippen molar-refractivity contribution in [2.75, 3.05) is 13.3 Å². The van der Waals surface area contributed by atoms with Crippen molar-refractivity contribution < 1.29 is 8.82 Å². The molecule has 0 saturated heterocycles. The third-order valence-corrected chi connectivity index (χ3v) is 8.31. The van der Waals surface area contributed by atoms with Gasteiger partial charge in [-0.3, -0.25) is 4.39 Å². The van der Waals surface area contributed by atoms with Crippen molar-refractivity contribution in [2.24, 2.45) is 0 Å². The van der Waals surface area contributed by atoms with Gasteiger partial charge in [0.2, 0.25) is 0 Å². The summed E-state index contributed by atoms with van der Waals surface area (Å²) in [5, 5.41) is 0.250. The van der Waals surface area contributed by atoms with E-state index in [0.29, 0.717) is 17.9 Å². The second kappa shape index (κ2) is 6.35. The van der Waals surface area contributed by atoms with E-state index in [4.69, 9.17) is 4.43 Å². The maximum absolute atomic E-state index is 12.0. The van der Waals surface area contributed by atoms with Gasteiger partial charge in [-0.1, -0.05) is 36.7 Å². The zero-order chi connectivity index (χ0) is 12.1. The fraction of sp³-hybridized carbons (Fsp3) is 1.00. The number of hydrogen-bond acceptors (Lipinski definition) is 1. The molecule has 0 heterocycles. The molecular formula is C11H24BrFOSi. The van der Waals surface area contributed by atoms with Crippen molar-refractivity contribution in [3.05, 3.63) is 0 Å². The highest BCUT2D eigenvalue weighted by molar-refractivity contribution is 9.09. The van der Waals surface area contributed by atoms with E-state index < -0.39 is 8.32 Å². The topological polar surface area (TPSA) is 9.23 Å². The molecule has 15 heavy (non-hydrogen) atoms. The Morgan fingerprint density at radius 3 is 2.27 bits per heavy atom. The van der Waals surface area contributed by atoms with Gasteiger partial charge in [0.25, 0.3) is 0 Å². The lowest BCUT2D eigenvalue weighted by atomic mass is 10.2. The van der Waals surface area contributed by atoms with Gasteiger partial charge >= 0.3 is 0 Å². The molecule has 0 amide bonds. The van der Waals surface area contributed by atoms with Crippen LogP contribution in [0.4, 0.5) is 4.39 Å². The number of halogens is 2. The molecule has 0 aliphatic heterocycles. The molecule has 1 nitrogen and oxygen atoms in total. The van der Waals surface area contributed by atoms with Crippen molar-refractivity contribution in [1.29, 1.82) is 0 Å². The lowest BCUT2D eigenvalue weighted by molar-refractivity contribution is 0.282. The van der Waals surface area contributed by atoms with Crippen molar-refractivity contribution in [1.82, 2.24) is 0 Å². The Labute approximate surface area is 103 Å². The first-order valence-corrected chi connectivity index (χ1v) is 9.37. The first-order valence-electron chi connectivity index (χ1n) is 5.54. The van der Waals surface area contributed by atoms with Gasteiger partial charge in [0.15, 0.2) is 8.32 Å². The molecule has 0 aliphatic carbocycles. The predicted molar refractivity (Wildman–Crippen MR) is 71.1 cm³/mol. The first-order chi connectivity index (χ1) is 6.70. The SMILES string of the molecule is CC(C)(C)[Si](C)(C)OCC(Br)CCCF. The highest BCUT2D eigenvalue weighted by atomic mass is 79.9. The Bertz CT molecular complexity index is 180. The van der Waals surface area contributed by atoms with E-state index in [1.54, 1.807) is 0 Å². The average Bonchev–Trinajstić information content (AvgIpc) is 2.09. The van der Waals surface area contributed by atoms with Crippen molar-refractivity contribution in [3.8, 4) is 0 Å². The second-order valence-corrected chi connectivity index (χ2v) is 11.6. The maximum Gasteiger partial charge on any atom is 0.192 e. The van der Waals surface area contributed by atoms with Gasteiger partial charge in [0.05, 0.1) is 6.67 Å². The van der Waals surface area contributed by atoms with Gasteiger partial charge in [-0.05, 0) is 31.0 Å². The standard InChI is InChI=1S/C11H24BrFOSi/c1-11(2,3)15(4,5)14-9-10(12)7-6-8-13/h10H,6-9H2,1-5H3. The van der Waals surface area contributed by atoms with Crippen LogP contribution in [0.1, 0.15) is 33.6 Å². The van der Waals surface area contributed by atoms with Crippen molar-refractivity contribution in [3.63, 3.8) is 0 Å². The molecule has 0 fully saturated rings. The molecule has 0 radical (unpaired) electrons. The van der Waals surface area contributed by atoms with E-state index in [2.05, 4.69) is 49.8 Å². The van der Waals surface area contributed by atoms with Crippen LogP contribution in [-0.4, -0.2) is 26.4 Å². The van der Waals surface area contributed by atoms with E-state index in [0.717, 1.165) is 6.42 Å². The summed E-state index contributed by atoms with van der Waals surface area (Å²) in [6, 6.07) is 0. The smallest absolute Gasteiger partial charge is 0.192 e. The van der Waals surface area contributed by atoms with Gasteiger partial charge in [-0.15, -0.1) is 0 Å². The Morgan fingerprint density at radius 1 is 1.33 bits per heavy atom. The van der Waals surface area contributed by atoms with Crippen molar-refractivity contribution in [2.45, 2.75) is 56.6 Å². The van der Waals surface area contributed by atoms with Crippen LogP contribution in [0.25, 0.3) is 0 Å². The number of hydrogen-bond donors (Lipinski definition) is 0. The highest BCUT2D eigenvalue weighted by Crippen LogP contribution is 2.36. The summed E-state index contributed by atoms with van der Waals surface area (Å²) in [5.74, 6) is 0. The fourth-order valence-corrected chi connectivity index (χ4v) is 2.65. The van der Waals surface area contributed by atoms with Crippen LogP contribution in [0.3, 0.4) is 0 Å². The molecule has 0 aromatic heterocycles. The summed E-state index contributed by atoms with van der Waals surface area (Å²) < 4.78 is 18.0. The zero-order valence-electron chi connectivity index (χ0n) is 10.6. The van der Waals surface area contributed by atoms with Crippen molar-refractivity contribution >= 4 is 24.2 Å². The molecule has 0 saturated carbocycles. The molecule has 0 N–H and O–H groups in total. The largest absolute Gasteiger partial charge is 0.416 e. The van der Waals surface area contributed by atoms with Gasteiger partial charge in [0.1, 0.15) is 0 Å². The van der Waals surface area contributed by atoms with Gasteiger partial charge in [-0.2, -0.15) is 0 Å². The summed E-state index contributed by atoms with van der Waals surface area (Å²) in [6.07, 6.45) is 1.47. The Hall–Kier alpha value is 0.587. The van der Waals surface area contributed by atoms with Crippen LogP contribution in [0, 0.1) is 0 Å². The third kappa shape index (κ3) is 6.02. The van der Waals surface area contributed by atoms with Crippen LogP contribution in [-0.2, 0) is 4.43 Å². The molecule has 0 aliphatic rings. The number of alkyl halides is 2. The molecule has 0 bridgehead atoms. The van der Waals surface area contributed by atoms with Crippen LogP contribution in [0.2, 0.25) is 18.1 Å². The highest BCUT2D eigenvalue weighted by Gasteiger charge is 2.37. The molecule has 4 heteroatoms. The van der Waals surface area contributed by atoms with E-state index in [9.17, 15) is 4.39 Å². The summed E-state index contributed by atoms with van der Waals surface area (Å²) in [7, 11) is -1.63. The monoisotopic (exact) mass is 298 g/mol. The molecular weight excluding hydrogens is 275 g/mol. The van der Waals surface area contributed by atoms with Gasteiger partial charge in [0, 0.05) is 11.4 Å². The maximum atomic E-state index is 12.0. The van der Waals surface area contributed by atoms with Gasteiger partial charge in [-0.25, -0.2) is 0 Å². The number of rotatable bonds is 6. The lowest BCUT2D eigenvalue weighted by Crippen LogP contribution is -2.42. The van der Waals surface area contributed by atoms with E-state index in [-0.39, 0.29) is 11.7 Å². The Morgan fingerprint density at radius 2 is 1.87 bits per heavy atom. The fourth-order valence-electron chi connectivity index (χ4n) is 0.897. The summed E-state index contributed by atoms with van der Waals surface area (Å²) >= 11 is 3.53. The molecule has 1 atom stereocenters. The summed E-state index contributed by atoms with van der Waals surface area (Å²) in [6.45, 7) is 11.6. The molecule has 0 rings (SSSR count). The van der Waals surface area contributed by atoms with Crippen LogP contribution >= 0.6 is 15.9 Å². The predicted octanol–water partition coefficient (Wildman–Crippen LogP) is 4.52. The minimum Gasteiger partial charge on any atom is -0.416 e. The molecule has 0 spiro atoms. The minimum absolute atomic E-state index is 0.234. The minimum atomic E-state index is -1.63. The van der Waals surface area contributed by atoms with E-state index >= 15 is 0 Å². The Balaban J connectivity index is 3.93. The van der Waals surface area contributed by atoms with E-state index in [1.165, 1.54) is 0 Å². The average molecular weight is 299 g/mol. The summed E-state index contributed by atoms with van der Waals surface area (Å²) in [5.41, 5.74) is 0. The molecule has 0 aromatic rings. The molecule has 92 valence electrons. The summed E-state index contributed by atoms with van der Waals surface area (Å²) in [4.78, 5) is 0.294. The second-order valence-electron chi connectivity index (χ2n) is 5.50. The molecule has 1 unspecified atom stereocenters. The van der Waals surface area contributed by atoms with E-state index in [1.807, 2.05) is 0 Å². The quantitative estimate of drug-likeness (QED) is 0.517.